The van der Waals surface area contributed by atoms with Crippen LogP contribution in [0.25, 0.3) is 0 Å². The van der Waals surface area contributed by atoms with Crippen molar-refractivity contribution in [2.24, 2.45) is 0 Å². The summed E-state index contributed by atoms with van der Waals surface area (Å²) < 4.78 is 27.8. The third kappa shape index (κ3) is 1.94. The molecule has 0 bridgehead atoms. The fraction of sp³-hybridized carbons (Fsp3) is 0. The summed E-state index contributed by atoms with van der Waals surface area (Å²) in [6, 6.07) is 0. The van der Waals surface area contributed by atoms with Crippen LogP contribution in [-0.2, 0) is 0 Å². The van der Waals surface area contributed by atoms with E-state index in [4.69, 9.17) is 0 Å². The molecular formula is C6H9F2Sb. The van der Waals surface area contributed by atoms with Crippen molar-refractivity contribution in [1.29, 1.82) is 0 Å². The second kappa shape index (κ2) is 2.26. The monoisotopic (exact) mass is 240 g/mol. The second-order valence-electron chi connectivity index (χ2n) is 1.64. The maximum absolute atomic E-state index is 12.8. The van der Waals surface area contributed by atoms with Crippen LogP contribution in [-0.4, -0.2) is 18.6 Å². The van der Waals surface area contributed by atoms with Gasteiger partial charge in [-0.15, -0.1) is 0 Å². The van der Waals surface area contributed by atoms with Crippen molar-refractivity contribution in [2.45, 2.75) is 0 Å². The van der Waals surface area contributed by atoms with E-state index in [-0.39, 0.29) is 0 Å². The Bertz CT molecular complexity index is 132. The minimum absolute atomic E-state index is 0.702. The molecule has 0 aromatic rings. The van der Waals surface area contributed by atoms with Crippen LogP contribution in [0.15, 0.2) is 31.8 Å². The van der Waals surface area contributed by atoms with Crippen LogP contribution in [0.5, 0.6) is 0 Å². The first-order valence-electron chi connectivity index (χ1n) is 2.34. The zero-order chi connectivity index (χ0) is 7.57. The predicted molar refractivity (Wildman–Crippen MR) is 38.6 cm³/mol. The van der Waals surface area contributed by atoms with Gasteiger partial charge in [-0.05, 0) is 0 Å². The molecule has 0 N–H and O–H groups in total. The first-order valence-corrected chi connectivity index (χ1v) is 8.69. The van der Waals surface area contributed by atoms with Crippen molar-refractivity contribution in [2.75, 3.05) is 0 Å². The Balaban J connectivity index is 4.81. The van der Waals surface area contributed by atoms with Gasteiger partial charge in [-0.25, -0.2) is 0 Å². The van der Waals surface area contributed by atoms with Crippen molar-refractivity contribution >= 4 is 18.6 Å². The molecule has 0 saturated heterocycles. The third-order valence-corrected chi connectivity index (χ3v) is 7.02. The normalized spacial score (nSPS) is 15.1. The number of halogens is 2. The third-order valence-electron chi connectivity index (χ3n) is 1.05. The van der Waals surface area contributed by atoms with Gasteiger partial charge in [0, 0.05) is 0 Å². The van der Waals surface area contributed by atoms with E-state index in [0.717, 1.165) is 0 Å². The molecule has 0 fully saturated rings. The summed E-state index contributed by atoms with van der Waals surface area (Å²) in [5, 5.41) is 0. The van der Waals surface area contributed by atoms with Gasteiger partial charge >= 0.3 is 56.0 Å². The molecule has 0 heterocycles. The van der Waals surface area contributed by atoms with Crippen molar-refractivity contribution < 1.29 is 5.63 Å². The molecule has 3 heteroatoms. The molecule has 52 valence electrons. The van der Waals surface area contributed by atoms with E-state index in [9.17, 15) is 5.63 Å². The van der Waals surface area contributed by atoms with Crippen LogP contribution in [0, 0.1) is 0 Å². The molecule has 0 nitrogen and oxygen atoms in total. The molecule has 0 atom stereocenters. The summed E-state index contributed by atoms with van der Waals surface area (Å²) in [6.07, 6.45) is 0. The van der Waals surface area contributed by atoms with Gasteiger partial charge in [0.1, 0.15) is 0 Å². The van der Waals surface area contributed by atoms with Crippen LogP contribution in [0.1, 0.15) is 0 Å². The van der Waals surface area contributed by atoms with Gasteiger partial charge in [0.25, 0.3) is 0 Å². The summed E-state index contributed by atoms with van der Waals surface area (Å²) in [6.45, 7) is 9.13. The van der Waals surface area contributed by atoms with Crippen molar-refractivity contribution in [3.05, 3.63) is 31.8 Å². The molecule has 0 saturated carbocycles. The Hall–Kier alpha value is -0.102. The Labute approximate surface area is 56.2 Å². The molecule has 0 radical (unpaired) electrons. The Morgan fingerprint density at radius 3 is 1.11 bits per heavy atom. The van der Waals surface area contributed by atoms with Crippen LogP contribution in [0.4, 0.5) is 5.63 Å². The Morgan fingerprint density at radius 1 is 0.889 bits per heavy atom. The van der Waals surface area contributed by atoms with Gasteiger partial charge < -0.3 is 0 Å². The van der Waals surface area contributed by atoms with Crippen molar-refractivity contribution in [1.82, 2.24) is 0 Å². The van der Waals surface area contributed by atoms with Crippen LogP contribution >= 0.6 is 0 Å². The van der Waals surface area contributed by atoms with E-state index in [1.807, 2.05) is 0 Å². The van der Waals surface area contributed by atoms with Crippen molar-refractivity contribution in [3.63, 3.8) is 0 Å². The molecule has 0 rings (SSSR count). The first-order chi connectivity index (χ1) is 3.96. The molecule has 9 heavy (non-hydrogen) atoms. The second-order valence-corrected chi connectivity index (χ2v) is 11.0. The standard InChI is InChI=1S/3C2H3.2FH.Sb/c3*1-2;;;/h3*1H,2H2;2*1H;/q;;;;;+2/p-2. The molecule has 0 aliphatic heterocycles. The SMILES string of the molecule is C=[CH][Sb]([F])([F])([CH]=C)[CH]=C. The molecule has 0 aliphatic carbocycles. The first kappa shape index (κ1) is 8.90. The van der Waals surface area contributed by atoms with Gasteiger partial charge in [-0.2, -0.15) is 0 Å². The molecule has 0 spiro atoms. The summed E-state index contributed by atoms with van der Waals surface area (Å²) in [5.74, 6) is 0. The summed E-state index contributed by atoms with van der Waals surface area (Å²) >= 11 is -5.57. The van der Waals surface area contributed by atoms with Crippen LogP contribution in [0.3, 0.4) is 0 Å². The van der Waals surface area contributed by atoms with E-state index in [0.29, 0.717) is 12.1 Å². The molecule has 0 amide bonds. The zero-order valence-electron chi connectivity index (χ0n) is 5.06. The Morgan fingerprint density at radius 2 is 1.11 bits per heavy atom. The van der Waals surface area contributed by atoms with Crippen LogP contribution in [0.2, 0.25) is 0 Å². The maximum atomic E-state index is 12.8. The molecule has 0 aromatic heterocycles. The summed E-state index contributed by atoms with van der Waals surface area (Å²) in [5.41, 5.74) is 0. The number of hydrogen-bond donors (Lipinski definition) is 0. The topological polar surface area (TPSA) is 0 Å². The molecule has 0 aromatic carbocycles. The van der Waals surface area contributed by atoms with E-state index < -0.39 is 18.6 Å². The average Bonchev–Trinajstić information content (AvgIpc) is 1.90. The van der Waals surface area contributed by atoms with E-state index in [1.165, 1.54) is 0 Å². The Kier molecular flexibility index (Phi) is 2.23. The fourth-order valence-electron chi connectivity index (χ4n) is 0.224. The molecular weight excluding hydrogens is 232 g/mol. The van der Waals surface area contributed by atoms with Gasteiger partial charge in [-0.3, -0.25) is 0 Å². The number of rotatable bonds is 3. The van der Waals surface area contributed by atoms with E-state index in [1.54, 1.807) is 0 Å². The van der Waals surface area contributed by atoms with E-state index in [2.05, 4.69) is 19.7 Å². The predicted octanol–water partition coefficient (Wildman–Crippen LogP) is 2.50. The van der Waals surface area contributed by atoms with Gasteiger partial charge in [0.2, 0.25) is 0 Å². The summed E-state index contributed by atoms with van der Waals surface area (Å²) in [7, 11) is 0. The summed E-state index contributed by atoms with van der Waals surface area (Å²) in [4.78, 5) is 0. The van der Waals surface area contributed by atoms with Crippen molar-refractivity contribution in [3.8, 4) is 0 Å². The minimum atomic E-state index is -5.57. The fourth-order valence-corrected chi connectivity index (χ4v) is 1.50. The van der Waals surface area contributed by atoms with Gasteiger partial charge in [-0.1, -0.05) is 0 Å². The number of hydrogen-bond acceptors (Lipinski definition) is 0. The van der Waals surface area contributed by atoms with Crippen LogP contribution < -0.4 is 0 Å². The average molecular weight is 241 g/mol. The van der Waals surface area contributed by atoms with Gasteiger partial charge in [0.15, 0.2) is 0 Å². The molecule has 0 unspecified atom stereocenters. The van der Waals surface area contributed by atoms with Gasteiger partial charge in [0.05, 0.1) is 0 Å². The molecule has 0 aliphatic rings. The zero-order valence-corrected chi connectivity index (χ0v) is 7.61. The quantitative estimate of drug-likeness (QED) is 0.666. The van der Waals surface area contributed by atoms with E-state index >= 15 is 0 Å².